The highest BCUT2D eigenvalue weighted by atomic mass is 32.1. The first-order chi connectivity index (χ1) is 9.79. The smallest absolute Gasteiger partial charge is 0.417 e. The number of carbonyl (C=O) groups is 1. The first-order valence-corrected chi connectivity index (χ1v) is 6.96. The molecule has 0 spiro atoms. The van der Waals surface area contributed by atoms with Crippen LogP contribution in [-0.2, 0) is 6.18 Å². The molecule has 0 aliphatic heterocycles. The number of hydrogen-bond donors (Lipinski definition) is 2. The number of hydrogen-bond acceptors (Lipinski definition) is 3. The Kier molecular flexibility index (Phi) is 4.22. The fourth-order valence-electron chi connectivity index (χ4n) is 1.91. The van der Waals surface area contributed by atoms with Crippen LogP contribution in [0, 0.1) is 0 Å². The Labute approximate surface area is 123 Å². The largest absolute Gasteiger partial charge is 0.478 e. The van der Waals surface area contributed by atoms with E-state index in [1.54, 1.807) is 0 Å². The highest BCUT2D eigenvalue weighted by Gasteiger charge is 2.35. The van der Waals surface area contributed by atoms with Crippen LogP contribution in [0.5, 0.6) is 0 Å². The molecule has 2 rings (SSSR count). The van der Waals surface area contributed by atoms with Crippen molar-refractivity contribution in [2.45, 2.75) is 19.1 Å². The quantitative estimate of drug-likeness (QED) is 0.864. The zero-order valence-corrected chi connectivity index (χ0v) is 11.8. The third kappa shape index (κ3) is 3.55. The Balaban J connectivity index is 2.30. The summed E-state index contributed by atoms with van der Waals surface area (Å²) >= 11 is 1.51. The van der Waals surface area contributed by atoms with Crippen molar-refractivity contribution in [2.24, 2.45) is 0 Å². The fourth-order valence-corrected chi connectivity index (χ4v) is 2.67. The molecule has 1 atom stereocenters. The van der Waals surface area contributed by atoms with Crippen LogP contribution in [0.1, 0.15) is 34.5 Å². The van der Waals surface area contributed by atoms with Gasteiger partial charge in [-0.2, -0.15) is 24.5 Å². The molecule has 2 aromatic rings. The van der Waals surface area contributed by atoms with Crippen LogP contribution >= 0.6 is 11.3 Å². The second-order valence-electron chi connectivity index (χ2n) is 4.49. The molecule has 0 amide bonds. The van der Waals surface area contributed by atoms with Crippen molar-refractivity contribution in [1.82, 2.24) is 0 Å². The van der Waals surface area contributed by atoms with Crippen LogP contribution < -0.4 is 5.32 Å². The van der Waals surface area contributed by atoms with Gasteiger partial charge in [0.1, 0.15) is 0 Å². The SMILES string of the molecule is CC(Nc1ccc(C(F)(F)F)c(C(=O)O)c1)c1ccsc1. The number of benzene rings is 1. The van der Waals surface area contributed by atoms with E-state index in [1.807, 2.05) is 23.8 Å². The number of thiophene rings is 1. The highest BCUT2D eigenvalue weighted by Crippen LogP contribution is 2.34. The minimum absolute atomic E-state index is 0.130. The molecular weight excluding hydrogens is 303 g/mol. The number of anilines is 1. The summed E-state index contributed by atoms with van der Waals surface area (Å²) in [6.45, 7) is 1.85. The summed E-state index contributed by atoms with van der Waals surface area (Å²) in [6.07, 6.45) is -4.69. The van der Waals surface area contributed by atoms with Crippen LogP contribution in [0.3, 0.4) is 0 Å². The average Bonchev–Trinajstić information content (AvgIpc) is 2.91. The standard InChI is InChI=1S/C14H12F3NO2S/c1-8(9-4-5-21-7-9)18-10-2-3-12(14(15,16)17)11(6-10)13(19)20/h2-8,18H,1H3,(H,19,20). The van der Waals surface area contributed by atoms with Crippen molar-refractivity contribution in [3.8, 4) is 0 Å². The normalized spacial score (nSPS) is 13.0. The molecular formula is C14H12F3NO2S. The molecule has 3 nitrogen and oxygen atoms in total. The third-order valence-electron chi connectivity index (χ3n) is 2.98. The third-order valence-corrected chi connectivity index (χ3v) is 3.68. The summed E-state index contributed by atoms with van der Waals surface area (Å²) in [5, 5.41) is 15.7. The second-order valence-corrected chi connectivity index (χ2v) is 5.27. The maximum Gasteiger partial charge on any atom is 0.417 e. The van der Waals surface area contributed by atoms with Crippen molar-refractivity contribution in [2.75, 3.05) is 5.32 Å². The molecule has 112 valence electrons. The van der Waals surface area contributed by atoms with Crippen LogP contribution in [0.2, 0.25) is 0 Å². The summed E-state index contributed by atoms with van der Waals surface area (Å²) < 4.78 is 38.2. The van der Waals surface area contributed by atoms with Crippen LogP contribution in [0.4, 0.5) is 18.9 Å². The minimum Gasteiger partial charge on any atom is -0.478 e. The van der Waals surface area contributed by atoms with Gasteiger partial charge in [0.05, 0.1) is 11.1 Å². The van der Waals surface area contributed by atoms with E-state index < -0.39 is 23.3 Å². The van der Waals surface area contributed by atoms with Gasteiger partial charge in [0, 0.05) is 11.7 Å². The predicted molar refractivity (Wildman–Crippen MR) is 74.8 cm³/mol. The number of alkyl halides is 3. The van der Waals surface area contributed by atoms with E-state index in [9.17, 15) is 18.0 Å². The first kappa shape index (κ1) is 15.4. The average molecular weight is 315 g/mol. The lowest BCUT2D eigenvalue weighted by molar-refractivity contribution is -0.138. The van der Waals surface area contributed by atoms with Gasteiger partial charge < -0.3 is 10.4 Å². The van der Waals surface area contributed by atoms with Crippen molar-refractivity contribution < 1.29 is 23.1 Å². The molecule has 1 heterocycles. The van der Waals surface area contributed by atoms with Crippen molar-refractivity contribution in [1.29, 1.82) is 0 Å². The predicted octanol–water partition coefficient (Wildman–Crippen LogP) is 4.64. The highest BCUT2D eigenvalue weighted by molar-refractivity contribution is 7.07. The van der Waals surface area contributed by atoms with Gasteiger partial charge in [0.2, 0.25) is 0 Å². The van der Waals surface area contributed by atoms with Gasteiger partial charge in [-0.05, 0) is 47.5 Å². The molecule has 0 fully saturated rings. The van der Waals surface area contributed by atoms with Crippen molar-refractivity contribution >= 4 is 23.0 Å². The Morgan fingerprint density at radius 3 is 2.57 bits per heavy atom. The van der Waals surface area contributed by atoms with E-state index in [0.717, 1.165) is 17.7 Å². The van der Waals surface area contributed by atoms with Crippen LogP contribution in [0.25, 0.3) is 0 Å². The monoisotopic (exact) mass is 315 g/mol. The Hall–Kier alpha value is -2.02. The molecule has 0 bridgehead atoms. The maximum absolute atomic E-state index is 12.7. The van der Waals surface area contributed by atoms with E-state index in [2.05, 4.69) is 5.32 Å². The fraction of sp³-hybridized carbons (Fsp3) is 0.214. The maximum atomic E-state index is 12.7. The molecule has 21 heavy (non-hydrogen) atoms. The van der Waals surface area contributed by atoms with Gasteiger partial charge in [-0.25, -0.2) is 4.79 Å². The Morgan fingerprint density at radius 2 is 2.05 bits per heavy atom. The van der Waals surface area contributed by atoms with Gasteiger partial charge in [0.15, 0.2) is 0 Å². The number of halogens is 3. The summed E-state index contributed by atoms with van der Waals surface area (Å²) in [5.41, 5.74) is -0.593. The zero-order chi connectivity index (χ0) is 15.6. The molecule has 0 aliphatic carbocycles. The van der Waals surface area contributed by atoms with Gasteiger partial charge >= 0.3 is 12.1 Å². The molecule has 1 aromatic carbocycles. The number of carboxylic acid groups (broad SMARTS) is 1. The molecule has 0 radical (unpaired) electrons. The van der Waals surface area contributed by atoms with Crippen molar-refractivity contribution in [3.05, 3.63) is 51.7 Å². The number of nitrogens with one attached hydrogen (secondary N) is 1. The van der Waals surface area contributed by atoms with Gasteiger partial charge in [-0.15, -0.1) is 0 Å². The number of aromatic carboxylic acids is 1. The molecule has 0 saturated heterocycles. The van der Waals surface area contributed by atoms with E-state index in [-0.39, 0.29) is 6.04 Å². The molecule has 0 saturated carbocycles. The number of carboxylic acids is 1. The molecule has 2 N–H and O–H groups in total. The molecule has 1 unspecified atom stereocenters. The van der Waals surface area contributed by atoms with Gasteiger partial charge in [-0.1, -0.05) is 0 Å². The van der Waals surface area contributed by atoms with Gasteiger partial charge in [-0.3, -0.25) is 0 Å². The summed E-state index contributed by atoms with van der Waals surface area (Å²) in [4.78, 5) is 11.0. The van der Waals surface area contributed by atoms with E-state index in [4.69, 9.17) is 5.11 Å². The Bertz CT molecular complexity index is 638. The summed E-state index contributed by atoms with van der Waals surface area (Å²) in [7, 11) is 0. The van der Waals surface area contributed by atoms with E-state index in [1.165, 1.54) is 17.4 Å². The lowest BCUT2D eigenvalue weighted by atomic mass is 10.1. The number of rotatable bonds is 4. The molecule has 0 aliphatic rings. The summed E-state index contributed by atoms with van der Waals surface area (Å²) in [5.74, 6) is -1.60. The first-order valence-electron chi connectivity index (χ1n) is 6.02. The topological polar surface area (TPSA) is 49.3 Å². The second kappa shape index (κ2) is 5.77. The molecule has 7 heteroatoms. The van der Waals surface area contributed by atoms with Gasteiger partial charge in [0.25, 0.3) is 0 Å². The Morgan fingerprint density at radius 1 is 1.33 bits per heavy atom. The lowest BCUT2D eigenvalue weighted by Crippen LogP contribution is -2.14. The van der Waals surface area contributed by atoms with E-state index in [0.29, 0.717) is 5.69 Å². The lowest BCUT2D eigenvalue weighted by Gasteiger charge is -2.16. The zero-order valence-electron chi connectivity index (χ0n) is 10.9. The van der Waals surface area contributed by atoms with Crippen molar-refractivity contribution in [3.63, 3.8) is 0 Å². The van der Waals surface area contributed by atoms with Crippen LogP contribution in [-0.4, -0.2) is 11.1 Å². The summed E-state index contributed by atoms with van der Waals surface area (Å²) in [6, 6.07) is 4.79. The van der Waals surface area contributed by atoms with Crippen LogP contribution in [0.15, 0.2) is 35.0 Å². The molecule has 1 aromatic heterocycles. The van der Waals surface area contributed by atoms with E-state index >= 15 is 0 Å². The minimum atomic E-state index is -4.69.